The van der Waals surface area contributed by atoms with E-state index in [2.05, 4.69) is 12.6 Å². The predicted molar refractivity (Wildman–Crippen MR) is 74.1 cm³/mol. The standard InChI is InChI=1S/C14H19NO2S/c1-10-2-3-12(18)8-13(10)14(17)15-6-4-11(9-16)5-7-15/h2-3,8,11,16,18H,4-7,9H2,1H3. The van der Waals surface area contributed by atoms with E-state index in [0.717, 1.165) is 42.0 Å². The number of rotatable bonds is 2. The highest BCUT2D eigenvalue weighted by Gasteiger charge is 2.23. The van der Waals surface area contributed by atoms with Crippen molar-refractivity contribution in [3.8, 4) is 0 Å². The number of thiol groups is 1. The molecule has 1 aromatic carbocycles. The van der Waals surface area contributed by atoms with Crippen LogP contribution in [0.1, 0.15) is 28.8 Å². The van der Waals surface area contributed by atoms with Crippen LogP contribution in [0.25, 0.3) is 0 Å². The molecule has 0 bridgehead atoms. The smallest absolute Gasteiger partial charge is 0.254 e. The van der Waals surface area contributed by atoms with Gasteiger partial charge < -0.3 is 10.0 Å². The van der Waals surface area contributed by atoms with Crippen molar-refractivity contribution in [3.63, 3.8) is 0 Å². The maximum atomic E-state index is 12.4. The third-order valence-corrected chi connectivity index (χ3v) is 3.89. The molecule has 1 aliphatic rings. The van der Waals surface area contributed by atoms with Gasteiger partial charge in [-0.3, -0.25) is 4.79 Å². The molecule has 1 saturated heterocycles. The predicted octanol–water partition coefficient (Wildman–Crippen LogP) is 2.13. The van der Waals surface area contributed by atoms with Gasteiger partial charge >= 0.3 is 0 Å². The third kappa shape index (κ3) is 2.87. The monoisotopic (exact) mass is 265 g/mol. The lowest BCUT2D eigenvalue weighted by molar-refractivity contribution is 0.0650. The zero-order chi connectivity index (χ0) is 13.1. The maximum absolute atomic E-state index is 12.4. The Morgan fingerprint density at radius 3 is 2.72 bits per heavy atom. The molecule has 1 aliphatic heterocycles. The number of aryl methyl sites for hydroxylation is 1. The van der Waals surface area contributed by atoms with E-state index in [1.807, 2.05) is 30.0 Å². The highest BCUT2D eigenvalue weighted by Crippen LogP contribution is 2.21. The highest BCUT2D eigenvalue weighted by molar-refractivity contribution is 7.80. The fourth-order valence-electron chi connectivity index (χ4n) is 2.33. The average Bonchev–Trinajstić information content (AvgIpc) is 2.41. The Bertz CT molecular complexity index is 439. The molecule has 4 heteroatoms. The van der Waals surface area contributed by atoms with Gasteiger partial charge in [-0.2, -0.15) is 0 Å². The van der Waals surface area contributed by atoms with Crippen molar-refractivity contribution in [2.24, 2.45) is 5.92 Å². The number of aliphatic hydroxyl groups excluding tert-OH is 1. The maximum Gasteiger partial charge on any atom is 0.254 e. The molecule has 2 rings (SSSR count). The lowest BCUT2D eigenvalue weighted by Crippen LogP contribution is -2.39. The van der Waals surface area contributed by atoms with E-state index in [9.17, 15) is 4.79 Å². The van der Waals surface area contributed by atoms with Crippen molar-refractivity contribution in [1.82, 2.24) is 4.90 Å². The normalized spacial score (nSPS) is 16.9. The number of hydrogen-bond donors (Lipinski definition) is 2. The highest BCUT2D eigenvalue weighted by atomic mass is 32.1. The van der Waals surface area contributed by atoms with Gasteiger partial charge in [0.2, 0.25) is 0 Å². The minimum Gasteiger partial charge on any atom is -0.396 e. The number of piperidine rings is 1. The largest absolute Gasteiger partial charge is 0.396 e. The molecular weight excluding hydrogens is 246 g/mol. The molecule has 0 aromatic heterocycles. The van der Waals surface area contributed by atoms with E-state index in [1.54, 1.807) is 0 Å². The van der Waals surface area contributed by atoms with E-state index >= 15 is 0 Å². The Morgan fingerprint density at radius 2 is 2.11 bits per heavy atom. The minimum absolute atomic E-state index is 0.0831. The average molecular weight is 265 g/mol. The number of carbonyl (C=O) groups excluding carboxylic acids is 1. The van der Waals surface area contributed by atoms with Crippen LogP contribution in [0.5, 0.6) is 0 Å². The molecule has 0 atom stereocenters. The Kier molecular flexibility index (Phi) is 4.30. The second kappa shape index (κ2) is 5.76. The van der Waals surface area contributed by atoms with Crippen molar-refractivity contribution in [2.45, 2.75) is 24.7 Å². The van der Waals surface area contributed by atoms with Gasteiger partial charge in [-0.1, -0.05) is 6.07 Å². The first kappa shape index (κ1) is 13.4. The van der Waals surface area contributed by atoms with Crippen molar-refractivity contribution in [2.75, 3.05) is 19.7 Å². The Balaban J connectivity index is 2.10. The summed E-state index contributed by atoms with van der Waals surface area (Å²) in [6.45, 7) is 3.65. The number of aliphatic hydroxyl groups is 1. The Labute approximate surface area is 113 Å². The van der Waals surface area contributed by atoms with Crippen LogP contribution >= 0.6 is 12.6 Å². The van der Waals surface area contributed by atoms with Crippen LogP contribution in [-0.2, 0) is 0 Å². The molecule has 1 fully saturated rings. The number of nitrogens with zero attached hydrogens (tertiary/aromatic N) is 1. The van der Waals surface area contributed by atoms with Crippen LogP contribution in [0, 0.1) is 12.8 Å². The van der Waals surface area contributed by atoms with Crippen LogP contribution in [-0.4, -0.2) is 35.6 Å². The molecule has 0 unspecified atom stereocenters. The molecule has 1 N–H and O–H groups in total. The molecule has 0 radical (unpaired) electrons. The molecule has 98 valence electrons. The van der Waals surface area contributed by atoms with Crippen LogP contribution in [0.15, 0.2) is 23.1 Å². The van der Waals surface area contributed by atoms with Gasteiger partial charge in [-0.15, -0.1) is 12.6 Å². The molecule has 0 saturated carbocycles. The van der Waals surface area contributed by atoms with E-state index in [1.165, 1.54) is 0 Å². The van der Waals surface area contributed by atoms with Gasteiger partial charge in [0.1, 0.15) is 0 Å². The Morgan fingerprint density at radius 1 is 1.44 bits per heavy atom. The lowest BCUT2D eigenvalue weighted by Gasteiger charge is -2.31. The molecule has 1 amide bonds. The third-order valence-electron chi connectivity index (χ3n) is 3.61. The van der Waals surface area contributed by atoms with Crippen LogP contribution < -0.4 is 0 Å². The summed E-state index contributed by atoms with van der Waals surface area (Å²) in [5.41, 5.74) is 1.73. The number of hydrogen-bond acceptors (Lipinski definition) is 3. The van der Waals surface area contributed by atoms with E-state index in [-0.39, 0.29) is 12.5 Å². The second-order valence-electron chi connectivity index (χ2n) is 4.92. The molecule has 3 nitrogen and oxygen atoms in total. The first-order valence-electron chi connectivity index (χ1n) is 6.31. The van der Waals surface area contributed by atoms with E-state index < -0.39 is 0 Å². The van der Waals surface area contributed by atoms with Crippen molar-refractivity contribution in [1.29, 1.82) is 0 Å². The fourth-order valence-corrected chi connectivity index (χ4v) is 2.53. The summed E-state index contributed by atoms with van der Waals surface area (Å²) in [6.07, 6.45) is 1.78. The SMILES string of the molecule is Cc1ccc(S)cc1C(=O)N1CCC(CO)CC1. The van der Waals surface area contributed by atoms with Gasteiger partial charge in [0.05, 0.1) is 0 Å². The quantitative estimate of drug-likeness (QED) is 0.804. The van der Waals surface area contributed by atoms with E-state index in [4.69, 9.17) is 5.11 Å². The van der Waals surface area contributed by atoms with Gasteiger partial charge in [0, 0.05) is 30.2 Å². The minimum atomic E-state index is 0.0831. The summed E-state index contributed by atoms with van der Waals surface area (Å²) in [5, 5.41) is 9.10. The number of benzene rings is 1. The lowest BCUT2D eigenvalue weighted by atomic mass is 9.97. The summed E-state index contributed by atoms with van der Waals surface area (Å²) >= 11 is 4.29. The number of likely N-dealkylation sites (tertiary alicyclic amines) is 1. The fraction of sp³-hybridized carbons (Fsp3) is 0.500. The van der Waals surface area contributed by atoms with Gasteiger partial charge in [-0.05, 0) is 43.4 Å². The van der Waals surface area contributed by atoms with Gasteiger partial charge in [0.15, 0.2) is 0 Å². The summed E-state index contributed by atoms with van der Waals surface area (Å²) in [6, 6.07) is 5.65. The van der Waals surface area contributed by atoms with Crippen molar-refractivity contribution >= 4 is 18.5 Å². The molecular formula is C14H19NO2S. The molecule has 0 spiro atoms. The summed E-state index contributed by atoms with van der Waals surface area (Å²) < 4.78 is 0. The van der Waals surface area contributed by atoms with E-state index in [0.29, 0.717) is 5.92 Å². The molecule has 18 heavy (non-hydrogen) atoms. The van der Waals surface area contributed by atoms with Crippen molar-refractivity contribution in [3.05, 3.63) is 29.3 Å². The zero-order valence-electron chi connectivity index (χ0n) is 10.6. The van der Waals surface area contributed by atoms with Crippen molar-refractivity contribution < 1.29 is 9.90 Å². The number of amides is 1. The Hall–Kier alpha value is -1.00. The van der Waals surface area contributed by atoms with Crippen LogP contribution in [0.2, 0.25) is 0 Å². The summed E-state index contributed by atoms with van der Waals surface area (Å²) in [4.78, 5) is 15.1. The van der Waals surface area contributed by atoms with Crippen LogP contribution in [0.4, 0.5) is 0 Å². The summed E-state index contributed by atoms with van der Waals surface area (Å²) in [7, 11) is 0. The second-order valence-corrected chi connectivity index (χ2v) is 5.43. The number of carbonyl (C=O) groups is 1. The van der Waals surface area contributed by atoms with Gasteiger partial charge in [0.25, 0.3) is 5.91 Å². The first-order valence-corrected chi connectivity index (χ1v) is 6.76. The summed E-state index contributed by atoms with van der Waals surface area (Å²) in [5.74, 6) is 0.436. The molecule has 1 heterocycles. The topological polar surface area (TPSA) is 40.5 Å². The first-order chi connectivity index (χ1) is 8.61. The molecule has 0 aliphatic carbocycles. The van der Waals surface area contributed by atoms with Gasteiger partial charge in [-0.25, -0.2) is 0 Å². The van der Waals surface area contributed by atoms with Crippen LogP contribution in [0.3, 0.4) is 0 Å². The molecule has 1 aromatic rings. The zero-order valence-corrected chi connectivity index (χ0v) is 11.5.